The Labute approximate surface area is 144 Å². The van der Waals surface area contributed by atoms with E-state index in [9.17, 15) is 14.0 Å². The molecule has 1 aromatic heterocycles. The van der Waals surface area contributed by atoms with Gasteiger partial charge in [0.15, 0.2) is 0 Å². The van der Waals surface area contributed by atoms with Crippen LogP contribution < -0.4 is 5.32 Å². The average molecular weight is 343 g/mol. The van der Waals surface area contributed by atoms with Crippen LogP contribution in [0.3, 0.4) is 0 Å². The number of carboxylic acids is 1. The van der Waals surface area contributed by atoms with Crippen molar-refractivity contribution in [3.8, 4) is 0 Å². The van der Waals surface area contributed by atoms with Gasteiger partial charge in [0.1, 0.15) is 17.1 Å². The Morgan fingerprint density at radius 1 is 1.32 bits per heavy atom. The molecule has 0 saturated heterocycles. The number of nitrogens with one attached hydrogen (secondary N) is 1. The van der Waals surface area contributed by atoms with Gasteiger partial charge in [-0.1, -0.05) is 18.2 Å². The Hall–Kier alpha value is -2.96. The molecule has 0 aliphatic heterocycles. The molecule has 0 radical (unpaired) electrons. The predicted molar refractivity (Wildman–Crippen MR) is 89.6 cm³/mol. The lowest BCUT2D eigenvalue weighted by Crippen LogP contribution is -2.37. The molecule has 0 saturated carbocycles. The molecule has 0 bridgehead atoms. The third-order valence-corrected chi connectivity index (χ3v) is 4.35. The topological polar surface area (TPSA) is 84.2 Å². The first kappa shape index (κ1) is 16.9. The summed E-state index contributed by atoms with van der Waals surface area (Å²) in [6.07, 6.45) is 5.33. The van der Waals surface area contributed by atoms with Crippen LogP contribution in [0.5, 0.6) is 0 Å². The van der Waals surface area contributed by atoms with Crippen LogP contribution >= 0.6 is 0 Å². The van der Waals surface area contributed by atoms with Crippen molar-refractivity contribution in [3.63, 3.8) is 0 Å². The fourth-order valence-corrected chi connectivity index (χ4v) is 3.01. The van der Waals surface area contributed by atoms with Crippen LogP contribution in [0.25, 0.3) is 5.57 Å². The molecule has 25 heavy (non-hydrogen) atoms. The quantitative estimate of drug-likeness (QED) is 0.894. The lowest BCUT2D eigenvalue weighted by molar-refractivity contribution is 0.0689. The van der Waals surface area contributed by atoms with Crippen molar-refractivity contribution < 1.29 is 19.1 Å². The number of allylic oxidation sites excluding steroid dienone is 1. The van der Waals surface area contributed by atoms with Gasteiger partial charge in [-0.2, -0.15) is 5.10 Å². The van der Waals surface area contributed by atoms with E-state index in [2.05, 4.69) is 10.4 Å². The summed E-state index contributed by atoms with van der Waals surface area (Å²) in [5.74, 6) is -1.89. The number of hydrogen-bond acceptors (Lipinski definition) is 3. The summed E-state index contributed by atoms with van der Waals surface area (Å²) in [6, 6.07) is 6.27. The molecule has 1 aromatic carbocycles. The predicted octanol–water partition coefficient (Wildman–Crippen LogP) is 2.62. The number of halogens is 1. The molecular formula is C18H18FN3O3. The second-order valence-corrected chi connectivity index (χ2v) is 6.02. The third-order valence-electron chi connectivity index (χ3n) is 4.35. The fraction of sp³-hybridized carbons (Fsp3) is 0.278. The second kappa shape index (κ2) is 6.88. The van der Waals surface area contributed by atoms with Crippen LogP contribution in [0, 0.1) is 5.82 Å². The fourth-order valence-electron chi connectivity index (χ4n) is 3.01. The highest BCUT2D eigenvalue weighted by Crippen LogP contribution is 2.27. The second-order valence-electron chi connectivity index (χ2n) is 6.02. The van der Waals surface area contributed by atoms with Gasteiger partial charge in [0.2, 0.25) is 0 Å². The molecule has 1 heterocycles. The molecule has 7 heteroatoms. The maximum absolute atomic E-state index is 13.0. The molecule has 1 amide bonds. The van der Waals surface area contributed by atoms with Crippen LogP contribution in [0.15, 0.2) is 36.5 Å². The number of carbonyl (C=O) groups excluding carboxylic acids is 1. The van der Waals surface area contributed by atoms with E-state index in [0.717, 1.165) is 24.0 Å². The number of carbonyl (C=O) groups is 2. The lowest BCUT2D eigenvalue weighted by Gasteiger charge is -2.23. The van der Waals surface area contributed by atoms with Gasteiger partial charge < -0.3 is 10.4 Å². The largest absolute Gasteiger partial charge is 0.478 e. The number of aryl methyl sites for hydroxylation is 1. The summed E-state index contributed by atoms with van der Waals surface area (Å²) in [5.41, 5.74) is 2.03. The van der Waals surface area contributed by atoms with Gasteiger partial charge in [0.25, 0.3) is 5.91 Å². The van der Waals surface area contributed by atoms with E-state index in [1.807, 2.05) is 6.08 Å². The zero-order valence-electron chi connectivity index (χ0n) is 13.7. The Bertz CT molecular complexity index is 840. The number of benzene rings is 1. The summed E-state index contributed by atoms with van der Waals surface area (Å²) in [4.78, 5) is 23.6. The minimum absolute atomic E-state index is 0.0424. The van der Waals surface area contributed by atoms with Crippen molar-refractivity contribution in [2.75, 3.05) is 0 Å². The minimum atomic E-state index is -1.18. The van der Waals surface area contributed by atoms with Gasteiger partial charge in [0, 0.05) is 13.1 Å². The van der Waals surface area contributed by atoms with Gasteiger partial charge in [-0.05, 0) is 42.5 Å². The number of carboxylic acid groups (broad SMARTS) is 1. The van der Waals surface area contributed by atoms with E-state index in [1.54, 1.807) is 12.1 Å². The summed E-state index contributed by atoms with van der Waals surface area (Å²) < 4.78 is 14.3. The summed E-state index contributed by atoms with van der Waals surface area (Å²) in [7, 11) is 1.54. The maximum Gasteiger partial charge on any atom is 0.339 e. The maximum atomic E-state index is 13.0. The molecule has 2 aromatic rings. The van der Waals surface area contributed by atoms with E-state index < -0.39 is 11.9 Å². The molecule has 0 spiro atoms. The van der Waals surface area contributed by atoms with Crippen LogP contribution in [0.1, 0.15) is 45.7 Å². The van der Waals surface area contributed by atoms with Crippen molar-refractivity contribution in [2.24, 2.45) is 7.05 Å². The number of aromatic carboxylic acids is 1. The normalized spacial score (nSPS) is 17.0. The van der Waals surface area contributed by atoms with E-state index >= 15 is 0 Å². The monoisotopic (exact) mass is 343 g/mol. The first-order valence-corrected chi connectivity index (χ1v) is 7.97. The number of hydrogen-bond donors (Lipinski definition) is 2. The molecular weight excluding hydrogens is 325 g/mol. The SMILES string of the molecule is Cn1ncc(C(=O)O)c1C(=O)NC1CC=C(c2ccc(F)cc2)CC1. The van der Waals surface area contributed by atoms with Crippen molar-refractivity contribution in [3.05, 3.63) is 59.2 Å². The molecule has 0 fully saturated rings. The van der Waals surface area contributed by atoms with Crippen molar-refractivity contribution in [1.29, 1.82) is 0 Å². The van der Waals surface area contributed by atoms with Crippen LogP contribution in [-0.2, 0) is 7.05 Å². The standard InChI is InChI=1S/C18H18FN3O3/c1-22-16(15(10-20-22)18(24)25)17(23)21-14-8-4-12(5-9-14)11-2-6-13(19)7-3-11/h2-4,6-7,10,14H,5,8-9H2,1H3,(H,21,23)(H,24,25). The van der Waals surface area contributed by atoms with E-state index in [4.69, 9.17) is 5.11 Å². The Morgan fingerprint density at radius 2 is 2.04 bits per heavy atom. The zero-order valence-corrected chi connectivity index (χ0v) is 13.7. The van der Waals surface area contributed by atoms with Gasteiger partial charge in [-0.3, -0.25) is 9.48 Å². The molecule has 1 aliphatic carbocycles. The highest BCUT2D eigenvalue weighted by molar-refractivity contribution is 6.03. The first-order valence-electron chi connectivity index (χ1n) is 7.97. The van der Waals surface area contributed by atoms with Crippen molar-refractivity contribution in [2.45, 2.75) is 25.3 Å². The van der Waals surface area contributed by atoms with E-state index in [-0.39, 0.29) is 23.1 Å². The molecule has 1 aliphatic rings. The van der Waals surface area contributed by atoms with E-state index in [0.29, 0.717) is 6.42 Å². The first-order chi connectivity index (χ1) is 12.0. The van der Waals surface area contributed by atoms with Crippen molar-refractivity contribution in [1.82, 2.24) is 15.1 Å². The average Bonchev–Trinajstić information content (AvgIpc) is 2.98. The van der Waals surface area contributed by atoms with Gasteiger partial charge in [-0.15, -0.1) is 0 Å². The Balaban J connectivity index is 1.68. The number of rotatable bonds is 4. The van der Waals surface area contributed by atoms with Gasteiger partial charge >= 0.3 is 5.97 Å². The van der Waals surface area contributed by atoms with Crippen molar-refractivity contribution >= 4 is 17.4 Å². The smallest absolute Gasteiger partial charge is 0.339 e. The Kier molecular flexibility index (Phi) is 4.65. The molecule has 130 valence electrons. The molecule has 2 N–H and O–H groups in total. The summed E-state index contributed by atoms with van der Waals surface area (Å²) in [5, 5.41) is 15.9. The van der Waals surface area contributed by atoms with Gasteiger partial charge in [0.05, 0.1) is 6.20 Å². The lowest BCUT2D eigenvalue weighted by atomic mass is 9.90. The Morgan fingerprint density at radius 3 is 2.64 bits per heavy atom. The summed E-state index contributed by atoms with van der Waals surface area (Å²) >= 11 is 0. The summed E-state index contributed by atoms with van der Waals surface area (Å²) in [6.45, 7) is 0. The van der Waals surface area contributed by atoms with E-state index in [1.165, 1.54) is 30.1 Å². The number of amides is 1. The van der Waals surface area contributed by atoms with Crippen LogP contribution in [0.4, 0.5) is 4.39 Å². The number of aromatic nitrogens is 2. The molecule has 6 nitrogen and oxygen atoms in total. The van der Waals surface area contributed by atoms with Crippen LogP contribution in [0.2, 0.25) is 0 Å². The zero-order chi connectivity index (χ0) is 18.0. The molecule has 1 unspecified atom stereocenters. The third kappa shape index (κ3) is 3.60. The molecule has 1 atom stereocenters. The molecule has 3 rings (SSSR count). The van der Waals surface area contributed by atoms with Crippen LogP contribution in [-0.4, -0.2) is 32.8 Å². The number of nitrogens with zero attached hydrogens (tertiary/aromatic N) is 2. The highest BCUT2D eigenvalue weighted by Gasteiger charge is 2.24. The van der Waals surface area contributed by atoms with Gasteiger partial charge in [-0.25, -0.2) is 9.18 Å². The minimum Gasteiger partial charge on any atom is -0.478 e. The highest BCUT2D eigenvalue weighted by atomic mass is 19.1.